The van der Waals surface area contributed by atoms with Crippen molar-refractivity contribution in [2.45, 2.75) is 32.2 Å². The number of alkyl halides is 3. The number of benzene rings is 1. The first-order valence-corrected chi connectivity index (χ1v) is 6.40. The Balaban J connectivity index is 2.26. The molecule has 1 N–H and O–H groups in total. The number of aryl methyl sites for hydroxylation is 1. The van der Waals surface area contributed by atoms with Crippen LogP contribution in [0.25, 0.3) is 0 Å². The van der Waals surface area contributed by atoms with Gasteiger partial charge < -0.3 is 5.11 Å². The van der Waals surface area contributed by atoms with Gasteiger partial charge in [0.05, 0.1) is 11.8 Å². The lowest BCUT2D eigenvalue weighted by Crippen LogP contribution is -2.09. The number of aliphatic hydroxyl groups excluding tert-OH is 1. The summed E-state index contributed by atoms with van der Waals surface area (Å²) < 4.78 is 52.5. The highest BCUT2D eigenvalue weighted by molar-refractivity contribution is 5.32. The van der Waals surface area contributed by atoms with Crippen molar-refractivity contribution in [2.24, 2.45) is 0 Å². The second-order valence-electron chi connectivity index (χ2n) is 4.68. The van der Waals surface area contributed by atoms with E-state index >= 15 is 0 Å². The summed E-state index contributed by atoms with van der Waals surface area (Å²) in [6.07, 6.45) is -2.11. The van der Waals surface area contributed by atoms with Crippen molar-refractivity contribution in [2.75, 3.05) is 0 Å². The normalized spacial score (nSPS) is 13.4. The number of hydrogen-bond acceptors (Lipinski definition) is 2. The Morgan fingerprint density at radius 1 is 1.29 bits per heavy atom. The van der Waals surface area contributed by atoms with Crippen molar-refractivity contribution in [1.82, 2.24) is 9.78 Å². The fourth-order valence-corrected chi connectivity index (χ4v) is 2.00. The molecule has 1 atom stereocenters. The molecular formula is C14H14F4N2O. The van der Waals surface area contributed by atoms with Gasteiger partial charge in [-0.3, -0.25) is 4.68 Å². The van der Waals surface area contributed by atoms with E-state index in [1.54, 1.807) is 10.9 Å². The minimum atomic E-state index is -4.75. The summed E-state index contributed by atoms with van der Waals surface area (Å²) in [5.74, 6) is -1.40. The molecule has 114 valence electrons. The Morgan fingerprint density at radius 2 is 2.00 bits per heavy atom. The lowest BCUT2D eigenvalue weighted by Gasteiger charge is -2.12. The van der Waals surface area contributed by atoms with Gasteiger partial charge in [0.25, 0.3) is 0 Å². The average Bonchev–Trinajstić information content (AvgIpc) is 2.85. The first-order chi connectivity index (χ1) is 9.82. The summed E-state index contributed by atoms with van der Waals surface area (Å²) in [5.41, 5.74) is -0.890. The Morgan fingerprint density at radius 3 is 2.57 bits per heavy atom. The van der Waals surface area contributed by atoms with Crippen LogP contribution in [0, 0.1) is 5.82 Å². The van der Waals surface area contributed by atoms with Gasteiger partial charge in [-0.25, -0.2) is 4.39 Å². The quantitative estimate of drug-likeness (QED) is 0.877. The number of aliphatic hydroxyl groups is 1. The Hall–Kier alpha value is -1.89. The molecule has 0 radical (unpaired) electrons. The van der Waals surface area contributed by atoms with Gasteiger partial charge in [-0.15, -0.1) is 0 Å². The van der Waals surface area contributed by atoms with Crippen LogP contribution in [0.1, 0.15) is 36.1 Å². The fourth-order valence-electron chi connectivity index (χ4n) is 2.00. The van der Waals surface area contributed by atoms with E-state index < -0.39 is 23.7 Å². The van der Waals surface area contributed by atoms with Gasteiger partial charge in [0.15, 0.2) is 0 Å². The molecule has 0 spiro atoms. The predicted octanol–water partition coefficient (Wildman–Crippen LogP) is 3.53. The van der Waals surface area contributed by atoms with Crippen LogP contribution in [0.3, 0.4) is 0 Å². The zero-order valence-corrected chi connectivity index (χ0v) is 11.2. The molecule has 2 aromatic rings. The van der Waals surface area contributed by atoms with Crippen LogP contribution in [-0.4, -0.2) is 14.9 Å². The van der Waals surface area contributed by atoms with Gasteiger partial charge >= 0.3 is 6.18 Å². The Kier molecular flexibility index (Phi) is 4.32. The zero-order valence-electron chi connectivity index (χ0n) is 11.2. The molecule has 7 heteroatoms. The van der Waals surface area contributed by atoms with Crippen LogP contribution in [0.4, 0.5) is 17.6 Å². The van der Waals surface area contributed by atoms with Crippen LogP contribution in [0.15, 0.2) is 30.6 Å². The maximum absolute atomic E-state index is 13.5. The molecular weight excluding hydrogens is 288 g/mol. The van der Waals surface area contributed by atoms with Gasteiger partial charge in [0, 0.05) is 18.3 Å². The molecule has 0 amide bonds. The topological polar surface area (TPSA) is 38.0 Å². The van der Waals surface area contributed by atoms with Gasteiger partial charge in [-0.2, -0.15) is 18.3 Å². The molecule has 0 aliphatic heterocycles. The van der Waals surface area contributed by atoms with Crippen LogP contribution < -0.4 is 0 Å². The van der Waals surface area contributed by atoms with Crippen molar-refractivity contribution in [3.05, 3.63) is 53.1 Å². The van der Waals surface area contributed by atoms with E-state index in [1.807, 2.05) is 6.92 Å². The summed E-state index contributed by atoms with van der Waals surface area (Å²) in [7, 11) is 0. The standard InChI is InChI=1S/C14H14F4N2O/c1-2-5-20-8-10(7-19-20)13(21)9-3-4-11(12(15)6-9)14(16,17)18/h3-4,6-8,13,21H,2,5H2,1H3. The highest BCUT2D eigenvalue weighted by atomic mass is 19.4. The Labute approximate surface area is 118 Å². The van der Waals surface area contributed by atoms with Crippen molar-refractivity contribution in [3.8, 4) is 0 Å². The van der Waals surface area contributed by atoms with Crippen molar-refractivity contribution in [3.63, 3.8) is 0 Å². The van der Waals surface area contributed by atoms with E-state index in [2.05, 4.69) is 5.10 Å². The highest BCUT2D eigenvalue weighted by Crippen LogP contribution is 2.33. The number of nitrogens with zero attached hydrogens (tertiary/aromatic N) is 2. The molecule has 3 nitrogen and oxygen atoms in total. The van der Waals surface area contributed by atoms with Crippen LogP contribution in [0.5, 0.6) is 0 Å². The number of hydrogen-bond donors (Lipinski definition) is 1. The van der Waals surface area contributed by atoms with Crippen molar-refractivity contribution < 1.29 is 22.7 Å². The van der Waals surface area contributed by atoms with Crippen molar-refractivity contribution in [1.29, 1.82) is 0 Å². The van der Waals surface area contributed by atoms with E-state index in [-0.39, 0.29) is 5.56 Å². The van der Waals surface area contributed by atoms with E-state index in [9.17, 15) is 22.7 Å². The van der Waals surface area contributed by atoms with Gasteiger partial charge in [-0.1, -0.05) is 13.0 Å². The second kappa shape index (κ2) is 5.85. The highest BCUT2D eigenvalue weighted by Gasteiger charge is 2.34. The first kappa shape index (κ1) is 15.5. The minimum Gasteiger partial charge on any atom is -0.384 e. The van der Waals surface area contributed by atoms with Crippen molar-refractivity contribution >= 4 is 0 Å². The van der Waals surface area contributed by atoms with E-state index in [0.29, 0.717) is 24.2 Å². The molecule has 1 aromatic heterocycles. The average molecular weight is 302 g/mol. The predicted molar refractivity (Wildman–Crippen MR) is 68.0 cm³/mol. The minimum absolute atomic E-state index is 0.0524. The maximum Gasteiger partial charge on any atom is 0.419 e. The second-order valence-corrected chi connectivity index (χ2v) is 4.68. The van der Waals surface area contributed by atoms with E-state index in [0.717, 1.165) is 12.5 Å². The molecule has 0 saturated heterocycles. The summed E-state index contributed by atoms with van der Waals surface area (Å²) in [6.45, 7) is 2.62. The molecule has 2 rings (SSSR count). The lowest BCUT2D eigenvalue weighted by molar-refractivity contribution is -0.140. The Bertz CT molecular complexity index is 622. The first-order valence-electron chi connectivity index (χ1n) is 6.40. The molecule has 1 aromatic carbocycles. The molecule has 1 heterocycles. The molecule has 1 unspecified atom stereocenters. The van der Waals surface area contributed by atoms with Crippen LogP contribution in [-0.2, 0) is 12.7 Å². The molecule has 21 heavy (non-hydrogen) atoms. The fraction of sp³-hybridized carbons (Fsp3) is 0.357. The lowest BCUT2D eigenvalue weighted by atomic mass is 10.0. The molecule has 0 bridgehead atoms. The summed E-state index contributed by atoms with van der Waals surface area (Å²) >= 11 is 0. The molecule has 0 saturated carbocycles. The smallest absolute Gasteiger partial charge is 0.384 e. The molecule has 0 fully saturated rings. The largest absolute Gasteiger partial charge is 0.419 e. The third kappa shape index (κ3) is 3.41. The molecule has 0 aliphatic carbocycles. The molecule has 0 aliphatic rings. The summed E-state index contributed by atoms with van der Waals surface area (Å²) in [6, 6.07) is 2.39. The number of aromatic nitrogens is 2. The third-order valence-electron chi connectivity index (χ3n) is 3.04. The van der Waals surface area contributed by atoms with E-state index in [1.165, 1.54) is 6.20 Å². The number of rotatable bonds is 4. The van der Waals surface area contributed by atoms with Crippen LogP contribution >= 0.6 is 0 Å². The SMILES string of the molecule is CCCn1cc(C(O)c2ccc(C(F)(F)F)c(F)c2)cn1. The zero-order chi connectivity index (χ0) is 15.6. The van der Waals surface area contributed by atoms with Gasteiger partial charge in [0.2, 0.25) is 0 Å². The van der Waals surface area contributed by atoms with E-state index in [4.69, 9.17) is 0 Å². The summed E-state index contributed by atoms with van der Waals surface area (Å²) in [4.78, 5) is 0. The van der Waals surface area contributed by atoms with Gasteiger partial charge in [-0.05, 0) is 24.1 Å². The maximum atomic E-state index is 13.5. The van der Waals surface area contributed by atoms with Crippen LogP contribution in [0.2, 0.25) is 0 Å². The summed E-state index contributed by atoms with van der Waals surface area (Å²) in [5, 5.41) is 14.1. The third-order valence-corrected chi connectivity index (χ3v) is 3.04. The van der Waals surface area contributed by atoms with Gasteiger partial charge in [0.1, 0.15) is 11.9 Å². The number of halogens is 4. The monoisotopic (exact) mass is 302 g/mol.